The van der Waals surface area contributed by atoms with E-state index in [1.165, 1.54) is 0 Å². The smallest absolute Gasteiger partial charge is 0.257 e. The number of carbonyl (C=O) groups is 1. The van der Waals surface area contributed by atoms with Gasteiger partial charge in [0.15, 0.2) is 17.3 Å². The Balaban J connectivity index is 1.55. The standard InChI is InChI=1S/C20H18ClN3O4/c1-26-16-8-7-15(10-17(16)27-2)24-11-13(9-18(24)25)19-22-20(28-23-19)12-3-5-14(21)6-4-12/h3-8,10,13H,9,11H2,1-2H3. The van der Waals surface area contributed by atoms with E-state index in [1.54, 1.807) is 43.4 Å². The maximum atomic E-state index is 12.6. The number of rotatable bonds is 5. The van der Waals surface area contributed by atoms with Crippen LogP contribution in [-0.4, -0.2) is 36.8 Å². The summed E-state index contributed by atoms with van der Waals surface area (Å²) >= 11 is 5.91. The Morgan fingerprint density at radius 3 is 2.57 bits per heavy atom. The Bertz CT molecular complexity index is 1000. The molecule has 0 N–H and O–H groups in total. The minimum Gasteiger partial charge on any atom is -0.493 e. The first-order valence-corrected chi connectivity index (χ1v) is 9.08. The summed E-state index contributed by atoms with van der Waals surface area (Å²) in [5, 5.41) is 4.71. The van der Waals surface area contributed by atoms with Gasteiger partial charge in [-0.2, -0.15) is 4.98 Å². The fourth-order valence-corrected chi connectivity index (χ4v) is 3.36. The van der Waals surface area contributed by atoms with Gasteiger partial charge >= 0.3 is 0 Å². The Labute approximate surface area is 166 Å². The van der Waals surface area contributed by atoms with Gasteiger partial charge in [-0.05, 0) is 36.4 Å². The normalized spacial score (nSPS) is 16.5. The van der Waals surface area contributed by atoms with Crippen LogP contribution in [0, 0.1) is 0 Å². The van der Waals surface area contributed by atoms with Crippen LogP contribution in [0.3, 0.4) is 0 Å². The van der Waals surface area contributed by atoms with E-state index in [2.05, 4.69) is 10.1 Å². The maximum absolute atomic E-state index is 12.6. The number of hydrogen-bond donors (Lipinski definition) is 0. The molecule has 2 heterocycles. The summed E-state index contributed by atoms with van der Waals surface area (Å²) in [5.74, 6) is 1.95. The van der Waals surface area contributed by atoms with Crippen molar-refractivity contribution in [3.8, 4) is 23.0 Å². The molecule has 1 atom stereocenters. The Hall–Kier alpha value is -3.06. The molecule has 1 fully saturated rings. The summed E-state index contributed by atoms with van der Waals surface area (Å²) in [6.45, 7) is 0.466. The second-order valence-corrected chi connectivity index (χ2v) is 6.85. The second-order valence-electron chi connectivity index (χ2n) is 6.41. The molecule has 0 radical (unpaired) electrons. The quantitative estimate of drug-likeness (QED) is 0.647. The predicted molar refractivity (Wildman–Crippen MR) is 104 cm³/mol. The van der Waals surface area contributed by atoms with Gasteiger partial charge in [0.1, 0.15) is 0 Å². The fraction of sp³-hybridized carbons (Fsp3) is 0.250. The number of carbonyl (C=O) groups excluding carboxylic acids is 1. The van der Waals surface area contributed by atoms with Gasteiger partial charge in [-0.25, -0.2) is 0 Å². The molecule has 3 aromatic rings. The van der Waals surface area contributed by atoms with Crippen LogP contribution in [0.25, 0.3) is 11.5 Å². The Morgan fingerprint density at radius 2 is 1.86 bits per heavy atom. The molecule has 1 amide bonds. The van der Waals surface area contributed by atoms with Gasteiger partial charge in [-0.1, -0.05) is 16.8 Å². The zero-order chi connectivity index (χ0) is 19.7. The van der Waals surface area contributed by atoms with Crippen LogP contribution < -0.4 is 14.4 Å². The van der Waals surface area contributed by atoms with Crippen molar-refractivity contribution < 1.29 is 18.8 Å². The van der Waals surface area contributed by atoms with Gasteiger partial charge in [0.05, 0.1) is 14.2 Å². The SMILES string of the molecule is COc1ccc(N2CC(c3noc(-c4ccc(Cl)cc4)n3)CC2=O)cc1OC. The van der Waals surface area contributed by atoms with E-state index < -0.39 is 0 Å². The molecule has 0 saturated carbocycles. The summed E-state index contributed by atoms with van der Waals surface area (Å²) in [6.07, 6.45) is 0.313. The highest BCUT2D eigenvalue weighted by atomic mass is 35.5. The van der Waals surface area contributed by atoms with Gasteiger partial charge in [-0.3, -0.25) is 4.79 Å². The van der Waals surface area contributed by atoms with Gasteiger partial charge in [-0.15, -0.1) is 0 Å². The van der Waals surface area contributed by atoms with Gasteiger partial charge < -0.3 is 18.9 Å². The Morgan fingerprint density at radius 1 is 1.11 bits per heavy atom. The third-order valence-electron chi connectivity index (χ3n) is 4.70. The van der Waals surface area contributed by atoms with E-state index in [-0.39, 0.29) is 11.8 Å². The number of benzene rings is 2. The minimum absolute atomic E-state index is 0.00457. The first-order valence-electron chi connectivity index (χ1n) is 8.71. The molecule has 1 saturated heterocycles. The second kappa shape index (κ2) is 7.52. The van der Waals surface area contributed by atoms with Crippen molar-refractivity contribution in [3.63, 3.8) is 0 Å². The molecule has 0 spiro atoms. The van der Waals surface area contributed by atoms with Crippen LogP contribution in [-0.2, 0) is 4.79 Å². The zero-order valence-corrected chi connectivity index (χ0v) is 16.1. The number of hydrogen-bond acceptors (Lipinski definition) is 6. The molecule has 1 aromatic heterocycles. The van der Waals surface area contributed by atoms with Crippen molar-refractivity contribution in [3.05, 3.63) is 53.3 Å². The van der Waals surface area contributed by atoms with Gasteiger partial charge in [0, 0.05) is 41.2 Å². The molecule has 0 bridgehead atoms. The lowest BCUT2D eigenvalue weighted by Gasteiger charge is -2.18. The molecule has 4 rings (SSSR count). The van der Waals surface area contributed by atoms with Crippen LogP contribution in [0.1, 0.15) is 18.2 Å². The summed E-state index contributed by atoms with van der Waals surface area (Å²) < 4.78 is 16.0. The molecular weight excluding hydrogens is 382 g/mol. The van der Waals surface area contributed by atoms with Crippen molar-refractivity contribution in [2.24, 2.45) is 0 Å². The number of nitrogens with zero attached hydrogens (tertiary/aromatic N) is 3. The first-order chi connectivity index (χ1) is 13.6. The van der Waals surface area contributed by atoms with E-state index in [4.69, 9.17) is 25.6 Å². The summed E-state index contributed by atoms with van der Waals surface area (Å²) in [5.41, 5.74) is 1.52. The third-order valence-corrected chi connectivity index (χ3v) is 4.95. The molecular formula is C20H18ClN3O4. The molecule has 1 unspecified atom stereocenters. The average Bonchev–Trinajstić information content (AvgIpc) is 3.35. The Kier molecular flexibility index (Phi) is 4.92. The lowest BCUT2D eigenvalue weighted by atomic mass is 10.1. The highest BCUT2D eigenvalue weighted by Gasteiger charge is 2.35. The van der Waals surface area contributed by atoms with E-state index in [0.29, 0.717) is 41.2 Å². The average molecular weight is 400 g/mol. The third kappa shape index (κ3) is 3.41. The molecule has 1 aliphatic rings. The molecule has 28 heavy (non-hydrogen) atoms. The van der Waals surface area contributed by atoms with E-state index >= 15 is 0 Å². The predicted octanol–water partition coefficient (Wildman–Crippen LogP) is 3.93. The summed E-state index contributed by atoms with van der Waals surface area (Å²) in [7, 11) is 3.14. The lowest BCUT2D eigenvalue weighted by Crippen LogP contribution is -2.24. The zero-order valence-electron chi connectivity index (χ0n) is 15.4. The summed E-state index contributed by atoms with van der Waals surface area (Å²) in [6, 6.07) is 12.6. The maximum Gasteiger partial charge on any atom is 0.257 e. The first kappa shape index (κ1) is 18.3. The lowest BCUT2D eigenvalue weighted by molar-refractivity contribution is -0.117. The van der Waals surface area contributed by atoms with E-state index in [1.807, 2.05) is 18.2 Å². The number of anilines is 1. The van der Waals surface area contributed by atoms with Crippen LogP contribution in [0.2, 0.25) is 5.02 Å². The van der Waals surface area contributed by atoms with Crippen molar-refractivity contribution in [2.75, 3.05) is 25.7 Å². The van der Waals surface area contributed by atoms with Crippen molar-refractivity contribution in [2.45, 2.75) is 12.3 Å². The number of ether oxygens (including phenoxy) is 2. The van der Waals surface area contributed by atoms with E-state index in [9.17, 15) is 4.79 Å². The number of aromatic nitrogens is 2. The van der Waals surface area contributed by atoms with Crippen molar-refractivity contribution in [1.82, 2.24) is 10.1 Å². The molecule has 7 nitrogen and oxygen atoms in total. The van der Waals surface area contributed by atoms with Crippen molar-refractivity contribution >= 4 is 23.2 Å². The van der Waals surface area contributed by atoms with Gasteiger partial charge in [0.25, 0.3) is 5.89 Å². The number of methoxy groups -OCH3 is 2. The topological polar surface area (TPSA) is 77.7 Å². The van der Waals surface area contributed by atoms with Crippen LogP contribution >= 0.6 is 11.6 Å². The number of halogens is 1. The largest absolute Gasteiger partial charge is 0.493 e. The fourth-order valence-electron chi connectivity index (χ4n) is 3.23. The molecule has 144 valence electrons. The minimum atomic E-state index is -0.148. The number of amides is 1. The summed E-state index contributed by atoms with van der Waals surface area (Å²) in [4.78, 5) is 18.8. The van der Waals surface area contributed by atoms with Crippen molar-refractivity contribution in [1.29, 1.82) is 0 Å². The van der Waals surface area contributed by atoms with Gasteiger partial charge in [0.2, 0.25) is 5.91 Å². The molecule has 8 heteroatoms. The van der Waals surface area contributed by atoms with Crippen LogP contribution in [0.5, 0.6) is 11.5 Å². The van der Waals surface area contributed by atoms with E-state index in [0.717, 1.165) is 11.3 Å². The molecule has 1 aliphatic heterocycles. The highest BCUT2D eigenvalue weighted by molar-refractivity contribution is 6.30. The van der Waals surface area contributed by atoms with Crippen LogP contribution in [0.15, 0.2) is 47.0 Å². The van der Waals surface area contributed by atoms with Crippen LogP contribution in [0.4, 0.5) is 5.69 Å². The molecule has 2 aromatic carbocycles. The monoisotopic (exact) mass is 399 g/mol. The molecule has 0 aliphatic carbocycles. The highest BCUT2D eigenvalue weighted by Crippen LogP contribution is 2.36.